The van der Waals surface area contributed by atoms with Crippen LogP contribution in [-0.2, 0) is 11.3 Å². The Bertz CT molecular complexity index is 1150. The lowest BCUT2D eigenvalue weighted by Gasteiger charge is -2.35. The van der Waals surface area contributed by atoms with Crippen LogP contribution >= 0.6 is 11.8 Å². The van der Waals surface area contributed by atoms with Crippen LogP contribution in [-0.4, -0.2) is 47.8 Å². The largest absolute Gasteiger partial charge is 0.339 e. The number of benzene rings is 1. The summed E-state index contributed by atoms with van der Waals surface area (Å²) in [4.78, 5) is 28.5. The van der Waals surface area contributed by atoms with Gasteiger partial charge in [-0.05, 0) is 45.2 Å². The summed E-state index contributed by atoms with van der Waals surface area (Å²) in [5.74, 6) is 0.702. The Morgan fingerprint density at radius 1 is 1.19 bits per heavy atom. The molecule has 0 bridgehead atoms. The van der Waals surface area contributed by atoms with Gasteiger partial charge in [-0.3, -0.25) is 18.6 Å². The van der Waals surface area contributed by atoms with Crippen molar-refractivity contribution in [2.45, 2.75) is 88.7 Å². The number of rotatable bonds is 8. The van der Waals surface area contributed by atoms with E-state index in [2.05, 4.69) is 28.9 Å². The minimum Gasteiger partial charge on any atom is -0.339 e. The van der Waals surface area contributed by atoms with Gasteiger partial charge >= 0.3 is 0 Å². The topological polar surface area (TPSA) is 72.5 Å². The van der Waals surface area contributed by atoms with Crippen molar-refractivity contribution in [1.29, 1.82) is 0 Å². The van der Waals surface area contributed by atoms with Crippen molar-refractivity contribution in [2.24, 2.45) is 0 Å². The molecule has 0 N–H and O–H groups in total. The quantitative estimate of drug-likeness (QED) is 0.468. The molecule has 7 nitrogen and oxygen atoms in total. The van der Waals surface area contributed by atoms with E-state index in [4.69, 9.17) is 0 Å². The van der Waals surface area contributed by atoms with Crippen LogP contribution in [0.4, 0.5) is 0 Å². The first-order valence-electron chi connectivity index (χ1n) is 11.9. The maximum absolute atomic E-state index is 13.4. The van der Waals surface area contributed by atoms with Crippen LogP contribution in [0.3, 0.4) is 0 Å². The number of thioether (sulfide) groups is 1. The van der Waals surface area contributed by atoms with Crippen LogP contribution < -0.4 is 5.56 Å². The van der Waals surface area contributed by atoms with Gasteiger partial charge in [0.05, 0.1) is 16.2 Å². The van der Waals surface area contributed by atoms with Crippen LogP contribution in [0.2, 0.25) is 0 Å². The molecule has 1 fully saturated rings. The normalized spacial score (nSPS) is 16.0. The number of fused-ring (bicyclic) bond motifs is 3. The van der Waals surface area contributed by atoms with Crippen LogP contribution in [0.1, 0.15) is 65.7 Å². The first kappa shape index (κ1) is 22.8. The Balaban J connectivity index is 1.69. The minimum absolute atomic E-state index is 0.0379. The van der Waals surface area contributed by atoms with Gasteiger partial charge in [0.2, 0.25) is 11.7 Å². The van der Waals surface area contributed by atoms with Crippen molar-refractivity contribution in [3.05, 3.63) is 34.6 Å². The van der Waals surface area contributed by atoms with Crippen molar-refractivity contribution in [1.82, 2.24) is 24.1 Å². The van der Waals surface area contributed by atoms with Gasteiger partial charge in [0, 0.05) is 19.1 Å². The van der Waals surface area contributed by atoms with Crippen LogP contribution in [0.15, 0.2) is 34.2 Å². The Morgan fingerprint density at radius 3 is 2.66 bits per heavy atom. The summed E-state index contributed by atoms with van der Waals surface area (Å²) in [5.41, 5.74) is 0.746. The highest BCUT2D eigenvalue weighted by Crippen LogP contribution is 2.29. The van der Waals surface area contributed by atoms with Crippen LogP contribution in [0.25, 0.3) is 16.7 Å². The van der Waals surface area contributed by atoms with E-state index in [0.717, 1.165) is 37.7 Å². The summed E-state index contributed by atoms with van der Waals surface area (Å²) in [6.07, 6.45) is 7.74. The van der Waals surface area contributed by atoms with Crippen LogP contribution in [0.5, 0.6) is 0 Å². The molecule has 0 aliphatic heterocycles. The maximum atomic E-state index is 13.4. The molecule has 1 aliphatic rings. The van der Waals surface area contributed by atoms with Crippen molar-refractivity contribution < 1.29 is 4.79 Å². The predicted molar refractivity (Wildman–Crippen MR) is 129 cm³/mol. The molecule has 2 heterocycles. The zero-order chi connectivity index (χ0) is 22.7. The molecule has 32 heavy (non-hydrogen) atoms. The van der Waals surface area contributed by atoms with Gasteiger partial charge in [-0.25, -0.2) is 0 Å². The zero-order valence-electron chi connectivity index (χ0n) is 19.3. The number of para-hydroxylation sites is 1. The molecule has 1 aliphatic carbocycles. The highest BCUT2D eigenvalue weighted by molar-refractivity contribution is 8.00. The van der Waals surface area contributed by atoms with Crippen molar-refractivity contribution in [3.8, 4) is 0 Å². The molecular formula is C24H33N5O2S. The number of carbonyl (C=O) groups is 1. The monoisotopic (exact) mass is 455 g/mol. The average Bonchev–Trinajstić information content (AvgIpc) is 3.23. The Kier molecular flexibility index (Phi) is 7.18. The second kappa shape index (κ2) is 10.1. The smallest absolute Gasteiger partial charge is 0.262 e. The van der Waals surface area contributed by atoms with E-state index in [-0.39, 0.29) is 16.7 Å². The van der Waals surface area contributed by atoms with Crippen molar-refractivity contribution in [2.75, 3.05) is 6.54 Å². The fourth-order valence-electron chi connectivity index (χ4n) is 4.76. The van der Waals surface area contributed by atoms with Gasteiger partial charge in [0.1, 0.15) is 0 Å². The Morgan fingerprint density at radius 2 is 1.94 bits per heavy atom. The second-order valence-electron chi connectivity index (χ2n) is 8.62. The molecule has 2 aromatic heterocycles. The lowest BCUT2D eigenvalue weighted by molar-refractivity contribution is -0.133. The molecule has 172 valence electrons. The first-order valence-corrected chi connectivity index (χ1v) is 12.8. The Hall–Kier alpha value is -2.35. The van der Waals surface area contributed by atoms with E-state index in [9.17, 15) is 9.59 Å². The molecule has 0 spiro atoms. The minimum atomic E-state index is -0.279. The summed E-state index contributed by atoms with van der Waals surface area (Å²) >= 11 is 1.43. The highest BCUT2D eigenvalue weighted by atomic mass is 32.2. The Labute approximate surface area is 193 Å². The number of hydrogen-bond acceptors (Lipinski definition) is 5. The fourth-order valence-corrected chi connectivity index (χ4v) is 5.68. The summed E-state index contributed by atoms with van der Waals surface area (Å²) in [7, 11) is 0. The zero-order valence-corrected chi connectivity index (χ0v) is 20.1. The summed E-state index contributed by atoms with van der Waals surface area (Å²) in [5, 5.41) is 9.82. The molecule has 1 amide bonds. The molecule has 3 aromatic rings. The third-order valence-corrected chi connectivity index (χ3v) is 7.51. The molecule has 1 saturated carbocycles. The number of aromatic nitrogens is 4. The summed E-state index contributed by atoms with van der Waals surface area (Å²) < 4.78 is 3.66. The van der Waals surface area contributed by atoms with Gasteiger partial charge in [0.25, 0.3) is 5.56 Å². The number of unbranched alkanes of at least 4 members (excludes halogenated alkanes) is 1. The van der Waals surface area contributed by atoms with Crippen LogP contribution in [0, 0.1) is 0 Å². The SMILES string of the molecule is CCCCn1c(=O)c2ccccc2n2c(SC(C)C(=O)N(CC)C3CCCCC3)nnc12. The fraction of sp³-hybridized carbons (Fsp3) is 0.583. The second-order valence-corrected chi connectivity index (χ2v) is 9.93. The average molecular weight is 456 g/mol. The van der Waals surface area contributed by atoms with Crippen molar-refractivity contribution in [3.63, 3.8) is 0 Å². The predicted octanol–water partition coefficient (Wildman–Crippen LogP) is 4.51. The number of aryl methyl sites for hydroxylation is 1. The highest BCUT2D eigenvalue weighted by Gasteiger charge is 2.29. The van der Waals surface area contributed by atoms with E-state index in [1.807, 2.05) is 35.6 Å². The molecule has 1 atom stereocenters. The standard InChI is InChI=1S/C24H33N5O2S/c1-4-6-16-28-22(31)19-14-10-11-15-20(19)29-23(28)25-26-24(29)32-17(3)21(30)27(5-2)18-12-8-7-9-13-18/h10-11,14-15,17-18H,4-9,12-13,16H2,1-3H3. The number of carbonyl (C=O) groups excluding carboxylic acids is 1. The van der Waals surface area contributed by atoms with Gasteiger partial charge in [-0.2, -0.15) is 0 Å². The molecule has 8 heteroatoms. The van der Waals surface area contributed by atoms with E-state index >= 15 is 0 Å². The third kappa shape index (κ3) is 4.29. The molecule has 4 rings (SSSR count). The van der Waals surface area contributed by atoms with Gasteiger partial charge in [0.15, 0.2) is 5.16 Å². The van der Waals surface area contributed by atoms with Gasteiger partial charge in [-0.1, -0.05) is 56.5 Å². The number of amides is 1. The molecular weight excluding hydrogens is 422 g/mol. The number of nitrogens with zero attached hydrogens (tertiary/aromatic N) is 5. The lowest BCUT2D eigenvalue weighted by atomic mass is 9.94. The molecule has 1 aromatic carbocycles. The molecule has 0 saturated heterocycles. The molecule has 1 unspecified atom stereocenters. The number of hydrogen-bond donors (Lipinski definition) is 0. The maximum Gasteiger partial charge on any atom is 0.262 e. The van der Waals surface area contributed by atoms with E-state index in [1.165, 1.54) is 31.0 Å². The summed E-state index contributed by atoms with van der Waals surface area (Å²) in [6, 6.07) is 7.92. The summed E-state index contributed by atoms with van der Waals surface area (Å²) in [6.45, 7) is 7.46. The molecule has 0 radical (unpaired) electrons. The van der Waals surface area contributed by atoms with Crippen molar-refractivity contribution >= 4 is 34.3 Å². The first-order chi connectivity index (χ1) is 15.6. The van der Waals surface area contributed by atoms with E-state index in [0.29, 0.717) is 28.9 Å². The third-order valence-electron chi connectivity index (χ3n) is 6.48. The van der Waals surface area contributed by atoms with Gasteiger partial charge < -0.3 is 4.90 Å². The van der Waals surface area contributed by atoms with Gasteiger partial charge in [-0.15, -0.1) is 10.2 Å². The van der Waals surface area contributed by atoms with E-state index < -0.39 is 0 Å². The lowest BCUT2D eigenvalue weighted by Crippen LogP contribution is -2.44. The van der Waals surface area contributed by atoms with E-state index in [1.54, 1.807) is 4.57 Å².